The van der Waals surface area contributed by atoms with E-state index in [9.17, 15) is 5.11 Å². The summed E-state index contributed by atoms with van der Waals surface area (Å²) in [5.74, 6) is 0.672. The van der Waals surface area contributed by atoms with Crippen molar-refractivity contribution >= 4 is 27.5 Å². The third-order valence-electron chi connectivity index (χ3n) is 2.83. The molecule has 1 unspecified atom stereocenters. The Kier molecular flexibility index (Phi) is 5.08. The average Bonchev–Trinajstić information content (AvgIpc) is 2.41. The first-order valence-electron chi connectivity index (χ1n) is 6.37. The van der Waals surface area contributed by atoms with Crippen LogP contribution < -0.4 is 4.74 Å². The first-order valence-corrected chi connectivity index (χ1v) is 7.54. The maximum absolute atomic E-state index is 10.6. The van der Waals surface area contributed by atoms with Gasteiger partial charge in [0.25, 0.3) is 0 Å². The quantitative estimate of drug-likeness (QED) is 0.839. The molecule has 4 heteroatoms. The number of aliphatic hydroxyl groups is 1. The Labute approximate surface area is 132 Å². The molecule has 2 rings (SSSR count). The molecule has 0 saturated heterocycles. The van der Waals surface area contributed by atoms with Crippen LogP contribution in [-0.2, 0) is 0 Å². The first-order chi connectivity index (χ1) is 9.49. The summed E-state index contributed by atoms with van der Waals surface area (Å²) in [7, 11) is 0. The summed E-state index contributed by atoms with van der Waals surface area (Å²) in [6, 6.07) is 12.9. The number of para-hydroxylation sites is 1. The summed E-state index contributed by atoms with van der Waals surface area (Å²) in [5.41, 5.74) is 1.36. The van der Waals surface area contributed by atoms with Gasteiger partial charge in [0.1, 0.15) is 11.9 Å². The van der Waals surface area contributed by atoms with Gasteiger partial charge in [-0.3, -0.25) is 0 Å². The Morgan fingerprint density at radius 3 is 2.50 bits per heavy atom. The molecule has 20 heavy (non-hydrogen) atoms. The predicted octanol–water partition coefficient (Wildman–Crippen LogP) is 4.97. The van der Waals surface area contributed by atoms with Crippen molar-refractivity contribution in [2.75, 3.05) is 0 Å². The number of ether oxygens (including phenoxy) is 1. The van der Waals surface area contributed by atoms with E-state index in [4.69, 9.17) is 16.3 Å². The van der Waals surface area contributed by atoms with Gasteiger partial charge in [-0.1, -0.05) is 45.7 Å². The lowest BCUT2D eigenvalue weighted by Gasteiger charge is -2.19. The van der Waals surface area contributed by atoms with Gasteiger partial charge >= 0.3 is 0 Å². The number of halogens is 2. The molecule has 0 spiro atoms. The minimum atomic E-state index is -0.824. The molecule has 0 radical (unpaired) electrons. The summed E-state index contributed by atoms with van der Waals surface area (Å²) < 4.78 is 6.62. The van der Waals surface area contributed by atoms with Crippen molar-refractivity contribution in [1.82, 2.24) is 0 Å². The smallest absolute Gasteiger partial charge is 0.125 e. The number of aliphatic hydroxyl groups excluding tert-OH is 1. The fraction of sp³-hybridized carbons (Fsp3) is 0.250. The molecule has 106 valence electrons. The van der Waals surface area contributed by atoms with Crippen molar-refractivity contribution in [3.63, 3.8) is 0 Å². The molecule has 0 aliphatic heterocycles. The Bertz CT molecular complexity index is 599. The molecule has 2 aromatic rings. The summed E-state index contributed by atoms with van der Waals surface area (Å²) in [6.07, 6.45) is -0.781. The second kappa shape index (κ2) is 6.61. The van der Waals surface area contributed by atoms with Crippen LogP contribution in [0.4, 0.5) is 0 Å². The van der Waals surface area contributed by atoms with Crippen LogP contribution in [0.3, 0.4) is 0 Å². The third-order valence-corrected chi connectivity index (χ3v) is 3.67. The fourth-order valence-electron chi connectivity index (χ4n) is 1.96. The topological polar surface area (TPSA) is 29.5 Å². The van der Waals surface area contributed by atoms with Gasteiger partial charge in [-0.15, -0.1) is 0 Å². The molecular weight excluding hydrogens is 340 g/mol. The molecule has 1 atom stereocenters. The lowest BCUT2D eigenvalue weighted by molar-refractivity contribution is 0.198. The highest BCUT2D eigenvalue weighted by molar-refractivity contribution is 9.10. The zero-order chi connectivity index (χ0) is 14.7. The fourth-order valence-corrected chi connectivity index (χ4v) is 2.56. The molecule has 0 saturated carbocycles. The zero-order valence-electron chi connectivity index (χ0n) is 11.3. The van der Waals surface area contributed by atoms with E-state index in [0.29, 0.717) is 21.9 Å². The maximum atomic E-state index is 10.6. The Hall–Kier alpha value is -1.03. The van der Waals surface area contributed by atoms with Crippen LogP contribution in [0.25, 0.3) is 0 Å². The van der Waals surface area contributed by atoms with Crippen LogP contribution in [0, 0.1) is 0 Å². The van der Waals surface area contributed by atoms with Crippen LogP contribution in [0.1, 0.15) is 31.1 Å². The number of rotatable bonds is 4. The minimum absolute atomic E-state index is 0.0429. The normalized spacial score (nSPS) is 12.5. The van der Waals surface area contributed by atoms with E-state index < -0.39 is 6.10 Å². The van der Waals surface area contributed by atoms with Crippen molar-refractivity contribution in [2.45, 2.75) is 26.1 Å². The minimum Gasteiger partial charge on any atom is -0.491 e. The van der Waals surface area contributed by atoms with Gasteiger partial charge in [0.15, 0.2) is 0 Å². The number of benzene rings is 2. The van der Waals surface area contributed by atoms with Gasteiger partial charge in [-0.2, -0.15) is 0 Å². The van der Waals surface area contributed by atoms with Gasteiger partial charge in [-0.25, -0.2) is 0 Å². The second-order valence-electron chi connectivity index (χ2n) is 4.77. The lowest BCUT2D eigenvalue weighted by Crippen LogP contribution is -2.10. The van der Waals surface area contributed by atoms with E-state index in [1.807, 2.05) is 50.2 Å². The van der Waals surface area contributed by atoms with E-state index in [-0.39, 0.29) is 6.10 Å². The van der Waals surface area contributed by atoms with Gasteiger partial charge < -0.3 is 9.84 Å². The predicted molar refractivity (Wildman–Crippen MR) is 85.4 cm³/mol. The largest absolute Gasteiger partial charge is 0.491 e. The molecule has 0 aromatic heterocycles. The third kappa shape index (κ3) is 3.54. The van der Waals surface area contributed by atoms with Crippen LogP contribution in [0.5, 0.6) is 5.75 Å². The van der Waals surface area contributed by atoms with Crippen molar-refractivity contribution in [3.8, 4) is 5.75 Å². The number of hydrogen-bond donors (Lipinski definition) is 1. The van der Waals surface area contributed by atoms with Gasteiger partial charge in [0.2, 0.25) is 0 Å². The van der Waals surface area contributed by atoms with Crippen LogP contribution in [-0.4, -0.2) is 11.2 Å². The SMILES string of the molecule is CC(C)Oc1ccccc1C(O)c1cc(Br)ccc1Cl. The Balaban J connectivity index is 2.42. The van der Waals surface area contributed by atoms with Crippen LogP contribution >= 0.6 is 27.5 Å². The highest BCUT2D eigenvalue weighted by Gasteiger charge is 2.18. The van der Waals surface area contributed by atoms with E-state index in [0.717, 1.165) is 4.47 Å². The monoisotopic (exact) mass is 354 g/mol. The molecule has 0 heterocycles. The molecule has 0 fully saturated rings. The molecule has 0 amide bonds. The molecular formula is C16H16BrClO2. The molecule has 0 aliphatic carbocycles. The highest BCUT2D eigenvalue weighted by Crippen LogP contribution is 2.35. The van der Waals surface area contributed by atoms with Crippen molar-refractivity contribution < 1.29 is 9.84 Å². The molecule has 2 aromatic carbocycles. The van der Waals surface area contributed by atoms with E-state index in [2.05, 4.69) is 15.9 Å². The average molecular weight is 356 g/mol. The summed E-state index contributed by atoms with van der Waals surface area (Å²) in [4.78, 5) is 0. The Morgan fingerprint density at radius 2 is 1.80 bits per heavy atom. The molecule has 1 N–H and O–H groups in total. The van der Waals surface area contributed by atoms with E-state index in [1.165, 1.54) is 0 Å². The first kappa shape index (κ1) is 15.4. The summed E-state index contributed by atoms with van der Waals surface area (Å²) >= 11 is 9.57. The standard InChI is InChI=1S/C16H16BrClO2/c1-10(2)20-15-6-4-3-5-12(15)16(19)13-9-11(17)7-8-14(13)18/h3-10,16,19H,1-2H3. The summed E-state index contributed by atoms with van der Waals surface area (Å²) in [5, 5.41) is 11.1. The van der Waals surface area contributed by atoms with Crippen molar-refractivity contribution in [2.24, 2.45) is 0 Å². The molecule has 2 nitrogen and oxygen atoms in total. The molecule has 0 bridgehead atoms. The molecule has 0 aliphatic rings. The zero-order valence-corrected chi connectivity index (χ0v) is 13.6. The number of hydrogen-bond acceptors (Lipinski definition) is 2. The summed E-state index contributed by atoms with van der Waals surface area (Å²) in [6.45, 7) is 3.91. The maximum Gasteiger partial charge on any atom is 0.125 e. The van der Waals surface area contributed by atoms with Gasteiger partial charge in [0.05, 0.1) is 6.10 Å². The van der Waals surface area contributed by atoms with Crippen LogP contribution in [0.15, 0.2) is 46.9 Å². The van der Waals surface area contributed by atoms with E-state index in [1.54, 1.807) is 6.07 Å². The Morgan fingerprint density at radius 1 is 1.10 bits per heavy atom. The van der Waals surface area contributed by atoms with Crippen LogP contribution in [0.2, 0.25) is 5.02 Å². The lowest BCUT2D eigenvalue weighted by atomic mass is 10.0. The van der Waals surface area contributed by atoms with Gasteiger partial charge in [-0.05, 0) is 38.1 Å². The van der Waals surface area contributed by atoms with Crippen molar-refractivity contribution in [1.29, 1.82) is 0 Å². The van der Waals surface area contributed by atoms with Gasteiger partial charge in [0, 0.05) is 20.6 Å². The second-order valence-corrected chi connectivity index (χ2v) is 6.10. The van der Waals surface area contributed by atoms with Crippen molar-refractivity contribution in [3.05, 3.63) is 63.1 Å². The van der Waals surface area contributed by atoms with E-state index >= 15 is 0 Å². The highest BCUT2D eigenvalue weighted by atomic mass is 79.9.